The van der Waals surface area contributed by atoms with Crippen molar-refractivity contribution in [2.45, 2.75) is 0 Å². The summed E-state index contributed by atoms with van der Waals surface area (Å²) in [4.78, 5) is 15.6. The van der Waals surface area contributed by atoms with Gasteiger partial charge in [0.15, 0.2) is 17.5 Å². The quantitative estimate of drug-likeness (QED) is 0.131. The highest BCUT2D eigenvalue weighted by Gasteiger charge is 2.21. The van der Waals surface area contributed by atoms with E-state index < -0.39 is 0 Å². The fraction of sp³-hybridized carbons (Fsp3) is 0. The number of pyridine rings is 1. The van der Waals surface area contributed by atoms with E-state index in [2.05, 4.69) is 174 Å². The molecule has 3 heterocycles. The Hall–Kier alpha value is -7.69. The summed E-state index contributed by atoms with van der Waals surface area (Å²) in [5.41, 5.74) is 11.2. The number of rotatable bonds is 5. The molecule has 0 N–H and O–H groups in total. The molecule has 12 aromatic rings. The Bertz CT molecular complexity index is 3510. The van der Waals surface area contributed by atoms with Gasteiger partial charge in [-0.05, 0) is 62.0 Å². The van der Waals surface area contributed by atoms with E-state index in [1.807, 2.05) is 24.3 Å². The summed E-state index contributed by atoms with van der Waals surface area (Å²) in [5.74, 6) is 1.92. The summed E-state index contributed by atoms with van der Waals surface area (Å²) >= 11 is 0. The summed E-state index contributed by atoms with van der Waals surface area (Å²) in [7, 11) is 0. The molecule has 0 unspecified atom stereocenters. The molecule has 12 rings (SSSR count). The maximum absolute atomic E-state index is 5.26. The summed E-state index contributed by atoms with van der Waals surface area (Å²) in [6, 6.07) is 69.0. The molecule has 0 saturated heterocycles. The molecule has 0 bridgehead atoms. The number of aromatic nitrogens is 4. The van der Waals surface area contributed by atoms with Crippen molar-refractivity contribution >= 4 is 59.6 Å². The normalized spacial score (nSPS) is 11.9. The molecule has 3 aromatic heterocycles. The van der Waals surface area contributed by atoms with E-state index in [1.165, 1.54) is 60.0 Å². The molecule has 0 aliphatic carbocycles. The largest absolute Gasteiger partial charge is 0.308 e. The van der Waals surface area contributed by atoms with Crippen LogP contribution in [0.15, 0.2) is 194 Å². The highest BCUT2D eigenvalue weighted by Crippen LogP contribution is 2.45. The van der Waals surface area contributed by atoms with E-state index in [9.17, 15) is 0 Å². The third-order valence-electron chi connectivity index (χ3n) is 11.6. The highest BCUT2D eigenvalue weighted by atomic mass is 15.0. The molecule has 0 atom stereocenters. The number of para-hydroxylation sites is 2. The van der Waals surface area contributed by atoms with Crippen LogP contribution in [0.3, 0.4) is 0 Å². The van der Waals surface area contributed by atoms with Crippen molar-refractivity contribution in [3.05, 3.63) is 194 Å². The SMILES string of the molecule is c1ccc(-c2nc(-c3ccccc3-c3ccccc3)nc(-c3ccc(-c4ccc5c6cccc7c8ccccc8n(c8cccc4c58)c67)c4ccccc34)n2)cc1. The fourth-order valence-electron chi connectivity index (χ4n) is 9.13. The first kappa shape index (κ1) is 31.6. The smallest absolute Gasteiger partial charge is 0.164 e. The molecule has 4 nitrogen and oxygen atoms in total. The second-order valence-corrected chi connectivity index (χ2v) is 14.7. The van der Waals surface area contributed by atoms with Gasteiger partial charge in [-0.25, -0.2) is 15.0 Å². The van der Waals surface area contributed by atoms with Crippen molar-refractivity contribution in [1.82, 2.24) is 19.4 Å². The molecule has 0 amide bonds. The molecule has 0 radical (unpaired) electrons. The lowest BCUT2D eigenvalue weighted by Gasteiger charge is -2.17. The summed E-state index contributed by atoms with van der Waals surface area (Å²) in [6.07, 6.45) is 0. The van der Waals surface area contributed by atoms with E-state index in [0.717, 1.165) is 38.6 Å². The molecule has 0 saturated carbocycles. The second-order valence-electron chi connectivity index (χ2n) is 14.7. The maximum Gasteiger partial charge on any atom is 0.164 e. The zero-order valence-corrected chi connectivity index (χ0v) is 30.8. The summed E-state index contributed by atoms with van der Waals surface area (Å²) in [5, 5.41) is 9.85. The first-order valence-corrected chi connectivity index (χ1v) is 19.4. The van der Waals surface area contributed by atoms with Gasteiger partial charge in [0.1, 0.15) is 0 Å². The average Bonchev–Trinajstić information content (AvgIpc) is 3.63. The molecule has 0 aliphatic rings. The Morgan fingerprint density at radius 3 is 1.54 bits per heavy atom. The minimum absolute atomic E-state index is 0.640. The first-order valence-electron chi connectivity index (χ1n) is 19.4. The van der Waals surface area contributed by atoms with Gasteiger partial charge in [-0.2, -0.15) is 0 Å². The van der Waals surface area contributed by atoms with Gasteiger partial charge in [0, 0.05) is 38.2 Å². The van der Waals surface area contributed by atoms with Crippen LogP contribution in [-0.2, 0) is 0 Å². The number of hydrogen-bond acceptors (Lipinski definition) is 3. The van der Waals surface area contributed by atoms with Crippen LogP contribution in [0.25, 0.3) is 116 Å². The molecule has 9 aromatic carbocycles. The van der Waals surface area contributed by atoms with E-state index >= 15 is 0 Å². The fourth-order valence-corrected chi connectivity index (χ4v) is 9.13. The van der Waals surface area contributed by atoms with Crippen LogP contribution in [0.5, 0.6) is 0 Å². The van der Waals surface area contributed by atoms with Crippen LogP contribution in [0.2, 0.25) is 0 Å². The van der Waals surface area contributed by atoms with E-state index in [-0.39, 0.29) is 0 Å². The van der Waals surface area contributed by atoms with Crippen LogP contribution in [0.4, 0.5) is 0 Å². The second kappa shape index (κ2) is 12.4. The van der Waals surface area contributed by atoms with Gasteiger partial charge in [0.2, 0.25) is 0 Å². The lowest BCUT2D eigenvalue weighted by atomic mass is 9.89. The van der Waals surface area contributed by atoms with Gasteiger partial charge in [-0.1, -0.05) is 176 Å². The molecule has 0 fully saturated rings. The van der Waals surface area contributed by atoms with Gasteiger partial charge >= 0.3 is 0 Å². The van der Waals surface area contributed by atoms with Gasteiger partial charge in [-0.15, -0.1) is 0 Å². The molecule has 0 aliphatic heterocycles. The Balaban J connectivity index is 1.09. The molecular formula is C53H32N4. The Morgan fingerprint density at radius 1 is 0.263 bits per heavy atom. The Morgan fingerprint density at radius 2 is 0.754 bits per heavy atom. The number of benzene rings is 9. The molecular weight excluding hydrogens is 693 g/mol. The topological polar surface area (TPSA) is 43.1 Å². The third-order valence-corrected chi connectivity index (χ3v) is 11.6. The van der Waals surface area contributed by atoms with Crippen molar-refractivity contribution in [2.24, 2.45) is 0 Å². The number of fused-ring (bicyclic) bond motifs is 6. The minimum atomic E-state index is 0.640. The maximum atomic E-state index is 5.26. The number of hydrogen-bond donors (Lipinski definition) is 0. The lowest BCUT2D eigenvalue weighted by molar-refractivity contribution is 1.08. The van der Waals surface area contributed by atoms with Gasteiger partial charge < -0.3 is 4.40 Å². The standard InChI is InChI=1S/C53H32N4/c1-3-15-33(16-4-1)35-19-7-10-23-45(35)52-54-51(34-17-5-2-6-18-34)55-53(56-52)46-32-30-38(36-20-8-9-21-37(36)46)39-29-31-42-44-26-13-25-43-40-22-11-12-27-47(40)57(50(43)44)48-28-14-24-41(39)49(42)48/h1-32H. The molecule has 57 heavy (non-hydrogen) atoms. The minimum Gasteiger partial charge on any atom is -0.308 e. The van der Waals surface area contributed by atoms with Crippen molar-refractivity contribution in [3.8, 4) is 56.4 Å². The van der Waals surface area contributed by atoms with Gasteiger partial charge in [0.25, 0.3) is 0 Å². The summed E-state index contributed by atoms with van der Waals surface area (Å²) < 4.78 is 2.47. The average molecular weight is 725 g/mol. The van der Waals surface area contributed by atoms with Crippen molar-refractivity contribution in [1.29, 1.82) is 0 Å². The predicted molar refractivity (Wildman–Crippen MR) is 237 cm³/mol. The van der Waals surface area contributed by atoms with Crippen molar-refractivity contribution < 1.29 is 0 Å². The van der Waals surface area contributed by atoms with E-state index in [1.54, 1.807) is 0 Å². The molecule has 264 valence electrons. The van der Waals surface area contributed by atoms with Crippen LogP contribution in [0, 0.1) is 0 Å². The monoisotopic (exact) mass is 724 g/mol. The van der Waals surface area contributed by atoms with Gasteiger partial charge in [0.05, 0.1) is 16.6 Å². The summed E-state index contributed by atoms with van der Waals surface area (Å²) in [6.45, 7) is 0. The van der Waals surface area contributed by atoms with Gasteiger partial charge in [-0.3, -0.25) is 0 Å². The first-order chi connectivity index (χ1) is 28.3. The van der Waals surface area contributed by atoms with Crippen molar-refractivity contribution in [2.75, 3.05) is 0 Å². The van der Waals surface area contributed by atoms with Crippen LogP contribution in [-0.4, -0.2) is 19.4 Å². The molecule has 4 heteroatoms. The van der Waals surface area contributed by atoms with Crippen molar-refractivity contribution in [3.63, 3.8) is 0 Å². The predicted octanol–water partition coefficient (Wildman–Crippen LogP) is 13.7. The van der Waals surface area contributed by atoms with E-state index in [0.29, 0.717) is 17.5 Å². The van der Waals surface area contributed by atoms with E-state index in [4.69, 9.17) is 15.0 Å². The zero-order valence-electron chi connectivity index (χ0n) is 30.8. The Labute approximate surface area is 328 Å². The van der Waals surface area contributed by atoms with Crippen LogP contribution < -0.4 is 0 Å². The lowest BCUT2D eigenvalue weighted by Crippen LogP contribution is -2.01. The van der Waals surface area contributed by atoms with Crippen LogP contribution >= 0.6 is 0 Å². The Kier molecular flexibility index (Phi) is 6.89. The zero-order chi connectivity index (χ0) is 37.5. The molecule has 0 spiro atoms. The highest BCUT2D eigenvalue weighted by molar-refractivity contribution is 6.28. The van der Waals surface area contributed by atoms with Crippen LogP contribution in [0.1, 0.15) is 0 Å². The number of nitrogens with zero attached hydrogens (tertiary/aromatic N) is 4. The third kappa shape index (κ3) is 4.77.